The summed E-state index contributed by atoms with van der Waals surface area (Å²) in [6.07, 6.45) is 2.32. The van der Waals surface area contributed by atoms with Crippen molar-refractivity contribution < 1.29 is 9.59 Å². The SMILES string of the molecule is CC(=O)N1CCN(C(=O)CCCCCl)CC1. The molecule has 1 heterocycles. The number of unbranched alkanes of at least 4 members (excludes halogenated alkanes) is 1. The number of alkyl halides is 1. The van der Waals surface area contributed by atoms with Crippen LogP contribution in [0.3, 0.4) is 0 Å². The van der Waals surface area contributed by atoms with Gasteiger partial charge in [-0.1, -0.05) is 0 Å². The minimum Gasteiger partial charge on any atom is -0.339 e. The molecule has 16 heavy (non-hydrogen) atoms. The smallest absolute Gasteiger partial charge is 0.222 e. The van der Waals surface area contributed by atoms with E-state index >= 15 is 0 Å². The van der Waals surface area contributed by atoms with Crippen LogP contribution in [0.25, 0.3) is 0 Å². The van der Waals surface area contributed by atoms with Crippen LogP contribution in [0.5, 0.6) is 0 Å². The fourth-order valence-corrected chi connectivity index (χ4v) is 1.99. The molecule has 1 fully saturated rings. The van der Waals surface area contributed by atoms with Crippen LogP contribution < -0.4 is 0 Å². The number of piperazine rings is 1. The molecule has 1 rings (SSSR count). The maximum absolute atomic E-state index is 11.7. The number of hydrogen-bond acceptors (Lipinski definition) is 2. The second-order valence-corrected chi connectivity index (χ2v) is 4.41. The maximum atomic E-state index is 11.7. The molecule has 0 unspecified atom stereocenters. The van der Waals surface area contributed by atoms with Gasteiger partial charge in [-0.3, -0.25) is 9.59 Å². The van der Waals surface area contributed by atoms with E-state index in [9.17, 15) is 9.59 Å². The number of amides is 2. The Morgan fingerprint density at radius 3 is 2.12 bits per heavy atom. The summed E-state index contributed by atoms with van der Waals surface area (Å²) in [5, 5.41) is 0. The van der Waals surface area contributed by atoms with Gasteiger partial charge in [0.15, 0.2) is 0 Å². The Labute approximate surface area is 102 Å². The lowest BCUT2D eigenvalue weighted by molar-refractivity contribution is -0.138. The lowest BCUT2D eigenvalue weighted by atomic mass is 10.2. The largest absolute Gasteiger partial charge is 0.339 e. The average molecular weight is 247 g/mol. The lowest BCUT2D eigenvalue weighted by Crippen LogP contribution is -2.50. The van der Waals surface area contributed by atoms with Gasteiger partial charge in [-0.05, 0) is 12.8 Å². The van der Waals surface area contributed by atoms with Gasteiger partial charge in [-0.25, -0.2) is 0 Å². The van der Waals surface area contributed by atoms with Gasteiger partial charge in [0.25, 0.3) is 0 Å². The van der Waals surface area contributed by atoms with Crippen LogP contribution in [-0.2, 0) is 9.59 Å². The summed E-state index contributed by atoms with van der Waals surface area (Å²) < 4.78 is 0. The summed E-state index contributed by atoms with van der Waals surface area (Å²) in [5.74, 6) is 0.897. The minimum atomic E-state index is 0.0919. The van der Waals surface area contributed by atoms with Crippen LogP contribution in [0.15, 0.2) is 0 Å². The molecule has 0 aromatic rings. The zero-order valence-corrected chi connectivity index (χ0v) is 10.5. The van der Waals surface area contributed by atoms with Crippen molar-refractivity contribution in [3.8, 4) is 0 Å². The number of carbonyl (C=O) groups excluding carboxylic acids is 2. The lowest BCUT2D eigenvalue weighted by Gasteiger charge is -2.34. The molecule has 0 radical (unpaired) electrons. The van der Waals surface area contributed by atoms with Gasteiger partial charge in [0, 0.05) is 45.4 Å². The van der Waals surface area contributed by atoms with Crippen molar-refractivity contribution in [2.45, 2.75) is 26.2 Å². The van der Waals surface area contributed by atoms with Crippen LogP contribution in [0.4, 0.5) is 0 Å². The highest BCUT2D eigenvalue weighted by molar-refractivity contribution is 6.17. The molecular formula is C11H19ClN2O2. The van der Waals surface area contributed by atoms with E-state index in [2.05, 4.69) is 0 Å². The van der Waals surface area contributed by atoms with Gasteiger partial charge in [0.2, 0.25) is 11.8 Å². The first-order valence-corrected chi connectivity index (χ1v) is 6.28. The summed E-state index contributed by atoms with van der Waals surface area (Å²) in [4.78, 5) is 26.4. The molecule has 0 saturated carbocycles. The van der Waals surface area contributed by atoms with Gasteiger partial charge in [-0.2, -0.15) is 0 Å². The highest BCUT2D eigenvalue weighted by Crippen LogP contribution is 2.06. The molecule has 1 aliphatic rings. The molecule has 0 N–H and O–H groups in total. The summed E-state index contributed by atoms with van der Waals surface area (Å²) in [7, 11) is 0. The number of carbonyl (C=O) groups is 2. The van der Waals surface area contributed by atoms with E-state index in [0.717, 1.165) is 12.8 Å². The molecule has 0 bridgehead atoms. The number of rotatable bonds is 4. The summed E-state index contributed by atoms with van der Waals surface area (Å²) in [6.45, 7) is 4.23. The molecule has 4 nitrogen and oxygen atoms in total. The van der Waals surface area contributed by atoms with E-state index in [0.29, 0.717) is 38.5 Å². The molecule has 0 aromatic heterocycles. The van der Waals surface area contributed by atoms with E-state index in [1.54, 1.807) is 11.8 Å². The van der Waals surface area contributed by atoms with Gasteiger partial charge >= 0.3 is 0 Å². The molecule has 0 atom stereocenters. The van der Waals surface area contributed by atoms with Gasteiger partial charge in [-0.15, -0.1) is 11.6 Å². The molecule has 5 heteroatoms. The van der Waals surface area contributed by atoms with Crippen molar-refractivity contribution in [3.63, 3.8) is 0 Å². The van der Waals surface area contributed by atoms with Crippen LogP contribution in [-0.4, -0.2) is 53.7 Å². The standard InChI is InChI=1S/C11H19ClN2O2/c1-10(15)13-6-8-14(9-7-13)11(16)4-2-3-5-12/h2-9H2,1H3. The molecule has 2 amide bonds. The Kier molecular flexibility index (Phi) is 5.60. The van der Waals surface area contributed by atoms with Gasteiger partial charge in [0.05, 0.1) is 0 Å². The first kappa shape index (κ1) is 13.3. The van der Waals surface area contributed by atoms with Crippen LogP contribution in [0.1, 0.15) is 26.2 Å². The van der Waals surface area contributed by atoms with Crippen molar-refractivity contribution in [3.05, 3.63) is 0 Å². The zero-order valence-electron chi connectivity index (χ0n) is 9.75. The van der Waals surface area contributed by atoms with Gasteiger partial charge in [0.1, 0.15) is 0 Å². The van der Waals surface area contributed by atoms with E-state index < -0.39 is 0 Å². The van der Waals surface area contributed by atoms with Crippen molar-refractivity contribution in [2.24, 2.45) is 0 Å². The van der Waals surface area contributed by atoms with Crippen molar-refractivity contribution in [1.29, 1.82) is 0 Å². The monoisotopic (exact) mass is 246 g/mol. The first-order valence-electron chi connectivity index (χ1n) is 5.74. The predicted octanol–water partition coefficient (Wildman–Crippen LogP) is 1.09. The second-order valence-electron chi connectivity index (χ2n) is 4.03. The van der Waals surface area contributed by atoms with E-state index in [1.165, 1.54) is 0 Å². The number of nitrogens with zero attached hydrogens (tertiary/aromatic N) is 2. The van der Waals surface area contributed by atoms with Crippen molar-refractivity contribution in [1.82, 2.24) is 9.80 Å². The third kappa shape index (κ3) is 4.00. The van der Waals surface area contributed by atoms with Crippen LogP contribution >= 0.6 is 11.6 Å². The first-order chi connectivity index (χ1) is 7.65. The number of halogens is 1. The summed E-state index contributed by atoms with van der Waals surface area (Å²) >= 11 is 5.56. The molecule has 92 valence electrons. The molecule has 0 aliphatic carbocycles. The highest BCUT2D eigenvalue weighted by Gasteiger charge is 2.21. The Bertz CT molecular complexity index is 250. The normalized spacial score (nSPS) is 16.4. The Morgan fingerprint density at radius 1 is 1.06 bits per heavy atom. The Hall–Kier alpha value is -0.770. The highest BCUT2D eigenvalue weighted by atomic mass is 35.5. The third-order valence-electron chi connectivity index (χ3n) is 2.85. The van der Waals surface area contributed by atoms with Crippen molar-refractivity contribution >= 4 is 23.4 Å². The van der Waals surface area contributed by atoms with E-state index in [-0.39, 0.29) is 11.8 Å². The van der Waals surface area contributed by atoms with E-state index in [1.807, 2.05) is 4.90 Å². The fraction of sp³-hybridized carbons (Fsp3) is 0.818. The summed E-state index contributed by atoms with van der Waals surface area (Å²) in [5.41, 5.74) is 0. The van der Waals surface area contributed by atoms with Crippen molar-refractivity contribution in [2.75, 3.05) is 32.1 Å². The quantitative estimate of drug-likeness (QED) is 0.550. The maximum Gasteiger partial charge on any atom is 0.222 e. The Morgan fingerprint density at radius 2 is 1.62 bits per heavy atom. The van der Waals surface area contributed by atoms with Crippen LogP contribution in [0.2, 0.25) is 0 Å². The van der Waals surface area contributed by atoms with E-state index in [4.69, 9.17) is 11.6 Å². The zero-order chi connectivity index (χ0) is 12.0. The molecule has 1 saturated heterocycles. The molecular weight excluding hydrogens is 228 g/mol. The summed E-state index contributed by atoms with van der Waals surface area (Å²) in [6, 6.07) is 0. The third-order valence-corrected chi connectivity index (χ3v) is 3.12. The Balaban J connectivity index is 2.25. The minimum absolute atomic E-state index is 0.0919. The predicted molar refractivity (Wildman–Crippen MR) is 63.4 cm³/mol. The second kappa shape index (κ2) is 6.74. The van der Waals surface area contributed by atoms with Gasteiger partial charge < -0.3 is 9.80 Å². The number of hydrogen-bond donors (Lipinski definition) is 0. The van der Waals surface area contributed by atoms with Crippen LogP contribution in [0, 0.1) is 0 Å². The molecule has 1 aliphatic heterocycles. The average Bonchev–Trinajstić information content (AvgIpc) is 2.29. The molecule has 0 aromatic carbocycles. The fourth-order valence-electron chi connectivity index (χ4n) is 1.80. The molecule has 0 spiro atoms. The topological polar surface area (TPSA) is 40.6 Å².